The number of carbonyl (C=O) groups excluding carboxylic acids is 2. The molecule has 0 bridgehead atoms. The maximum atomic E-state index is 13.7. The zero-order chi connectivity index (χ0) is 14.2. The second-order valence-corrected chi connectivity index (χ2v) is 4.19. The molecule has 0 radical (unpaired) electrons. The van der Waals surface area contributed by atoms with Crippen LogP contribution in [0.15, 0.2) is 29.8 Å². The van der Waals surface area contributed by atoms with Crippen LogP contribution < -0.4 is 4.90 Å². The van der Waals surface area contributed by atoms with Crippen molar-refractivity contribution in [3.8, 4) is 0 Å². The molecule has 1 heterocycles. The molecule has 0 aliphatic carbocycles. The second-order valence-electron chi connectivity index (χ2n) is 4.19. The van der Waals surface area contributed by atoms with Crippen LogP contribution in [0.1, 0.15) is 17.3 Å². The summed E-state index contributed by atoms with van der Waals surface area (Å²) in [4.78, 5) is 34.9. The second kappa shape index (κ2) is 4.64. The predicted octanol–water partition coefficient (Wildman–Crippen LogP) is 1.39. The number of hydrogen-bond donors (Lipinski definition) is 1. The van der Waals surface area contributed by atoms with Crippen molar-refractivity contribution >= 4 is 23.3 Å². The van der Waals surface area contributed by atoms with Gasteiger partial charge in [0.15, 0.2) is 0 Å². The summed E-state index contributed by atoms with van der Waals surface area (Å²) in [5.74, 6) is -3.47. The van der Waals surface area contributed by atoms with E-state index in [1.807, 2.05) is 0 Å². The molecule has 6 heteroatoms. The van der Waals surface area contributed by atoms with E-state index >= 15 is 0 Å². The molecule has 0 atom stereocenters. The number of carboxylic acids is 1. The summed E-state index contributed by atoms with van der Waals surface area (Å²) in [5.41, 5.74) is 0.258. The third-order valence-electron chi connectivity index (χ3n) is 2.72. The summed E-state index contributed by atoms with van der Waals surface area (Å²) in [5, 5.41) is 8.60. The number of benzene rings is 1. The number of ketones is 1. The number of halogens is 1. The first-order chi connectivity index (χ1) is 8.91. The monoisotopic (exact) mass is 263 g/mol. The van der Waals surface area contributed by atoms with Crippen molar-refractivity contribution in [2.75, 3.05) is 11.4 Å². The number of hydrogen-bond acceptors (Lipinski definition) is 3. The van der Waals surface area contributed by atoms with Gasteiger partial charge < -0.3 is 5.11 Å². The summed E-state index contributed by atoms with van der Waals surface area (Å²) >= 11 is 0. The molecule has 0 saturated heterocycles. The number of rotatable bonds is 3. The summed E-state index contributed by atoms with van der Waals surface area (Å²) in [6.45, 7) is 1.36. The lowest BCUT2D eigenvalue weighted by Gasteiger charge is -2.17. The molecule has 0 saturated carbocycles. The standard InChI is InChI=1S/C13H10FNO4/c1-7(5-10(16)17)6-15-11-8(12(18)13(15)19)3-2-4-9(11)14/h2-5H,6H2,1H3,(H,16,17). The molecular weight excluding hydrogens is 253 g/mol. The Morgan fingerprint density at radius 1 is 1.42 bits per heavy atom. The fourth-order valence-electron chi connectivity index (χ4n) is 1.97. The van der Waals surface area contributed by atoms with Gasteiger partial charge in [0.1, 0.15) is 5.82 Å². The first-order valence-corrected chi connectivity index (χ1v) is 5.46. The first kappa shape index (κ1) is 12.9. The quantitative estimate of drug-likeness (QED) is 0.660. The molecule has 0 fully saturated rings. The fraction of sp³-hybridized carbons (Fsp3) is 0.154. The van der Waals surface area contributed by atoms with Crippen LogP contribution >= 0.6 is 0 Å². The average molecular weight is 263 g/mol. The number of fused-ring (bicyclic) bond motifs is 1. The van der Waals surface area contributed by atoms with Crippen molar-refractivity contribution in [2.24, 2.45) is 0 Å². The Morgan fingerprint density at radius 3 is 2.74 bits per heavy atom. The number of Topliss-reactive ketones (excluding diaryl/α,β-unsaturated/α-hetero) is 1. The highest BCUT2D eigenvalue weighted by molar-refractivity contribution is 6.52. The molecule has 1 aromatic rings. The van der Waals surface area contributed by atoms with Crippen LogP contribution in [0.4, 0.5) is 10.1 Å². The Labute approximate surface area is 107 Å². The Kier molecular flexibility index (Phi) is 3.16. The van der Waals surface area contributed by atoms with Crippen molar-refractivity contribution in [3.63, 3.8) is 0 Å². The van der Waals surface area contributed by atoms with E-state index in [1.165, 1.54) is 19.1 Å². The largest absolute Gasteiger partial charge is 0.478 e. The van der Waals surface area contributed by atoms with Crippen LogP contribution in [0.3, 0.4) is 0 Å². The van der Waals surface area contributed by atoms with E-state index in [-0.39, 0.29) is 17.8 Å². The van der Waals surface area contributed by atoms with Crippen molar-refractivity contribution in [3.05, 3.63) is 41.2 Å². The maximum Gasteiger partial charge on any atom is 0.328 e. The van der Waals surface area contributed by atoms with E-state index in [2.05, 4.69) is 0 Å². The van der Waals surface area contributed by atoms with Crippen molar-refractivity contribution < 1.29 is 23.9 Å². The van der Waals surface area contributed by atoms with E-state index in [0.717, 1.165) is 17.0 Å². The smallest absolute Gasteiger partial charge is 0.328 e. The van der Waals surface area contributed by atoms with Gasteiger partial charge in [-0.2, -0.15) is 0 Å². The number of amides is 1. The number of anilines is 1. The molecule has 1 aliphatic rings. The molecule has 1 N–H and O–H groups in total. The Morgan fingerprint density at radius 2 is 2.11 bits per heavy atom. The van der Waals surface area contributed by atoms with Crippen molar-refractivity contribution in [1.29, 1.82) is 0 Å². The molecule has 1 amide bonds. The number of carbonyl (C=O) groups is 3. The Hall–Kier alpha value is -2.50. The fourth-order valence-corrected chi connectivity index (χ4v) is 1.97. The molecule has 98 valence electrons. The van der Waals surface area contributed by atoms with Crippen LogP contribution in [0.25, 0.3) is 0 Å². The highest BCUT2D eigenvalue weighted by Gasteiger charge is 2.37. The number of aliphatic carboxylic acids is 1. The molecule has 1 aromatic carbocycles. The lowest BCUT2D eigenvalue weighted by atomic mass is 10.1. The van der Waals surface area contributed by atoms with Crippen LogP contribution in [0.2, 0.25) is 0 Å². The summed E-state index contributed by atoms with van der Waals surface area (Å²) in [7, 11) is 0. The van der Waals surface area contributed by atoms with Gasteiger partial charge >= 0.3 is 5.97 Å². The minimum Gasteiger partial charge on any atom is -0.478 e. The van der Waals surface area contributed by atoms with E-state index < -0.39 is 23.5 Å². The Bertz CT molecular complexity index is 621. The van der Waals surface area contributed by atoms with E-state index in [1.54, 1.807) is 0 Å². The molecule has 19 heavy (non-hydrogen) atoms. The highest BCUT2D eigenvalue weighted by Crippen LogP contribution is 2.31. The molecule has 1 aliphatic heterocycles. The minimum absolute atomic E-state index is 0.00752. The number of para-hydroxylation sites is 1. The first-order valence-electron chi connectivity index (χ1n) is 5.46. The van der Waals surface area contributed by atoms with Crippen molar-refractivity contribution in [2.45, 2.75) is 6.92 Å². The minimum atomic E-state index is -1.16. The van der Waals surface area contributed by atoms with Gasteiger partial charge in [-0.15, -0.1) is 0 Å². The van der Waals surface area contributed by atoms with E-state index in [9.17, 15) is 18.8 Å². The molecule has 5 nitrogen and oxygen atoms in total. The normalized spacial score (nSPS) is 14.8. The lowest BCUT2D eigenvalue weighted by Crippen LogP contribution is -2.31. The molecular formula is C13H10FNO4. The topological polar surface area (TPSA) is 74.7 Å². The van der Waals surface area contributed by atoms with Gasteiger partial charge in [0.25, 0.3) is 11.7 Å². The third kappa shape index (κ3) is 2.24. The Balaban J connectivity index is 2.41. The van der Waals surface area contributed by atoms with Crippen LogP contribution in [0, 0.1) is 5.82 Å². The SMILES string of the molecule is CC(=CC(=O)O)CN1C(=O)C(=O)c2cccc(F)c21. The number of carboxylic acid groups (broad SMARTS) is 1. The van der Waals surface area contributed by atoms with Gasteiger partial charge in [-0.3, -0.25) is 14.5 Å². The van der Waals surface area contributed by atoms with Gasteiger partial charge in [-0.1, -0.05) is 6.07 Å². The lowest BCUT2D eigenvalue weighted by molar-refractivity contribution is -0.131. The van der Waals surface area contributed by atoms with Crippen molar-refractivity contribution in [1.82, 2.24) is 0 Å². The zero-order valence-electron chi connectivity index (χ0n) is 10.0. The molecule has 0 spiro atoms. The average Bonchev–Trinajstić information content (AvgIpc) is 2.55. The van der Waals surface area contributed by atoms with E-state index in [4.69, 9.17) is 5.11 Å². The predicted molar refractivity (Wildman–Crippen MR) is 64.5 cm³/mol. The van der Waals surface area contributed by atoms with Crippen LogP contribution in [0.5, 0.6) is 0 Å². The van der Waals surface area contributed by atoms with Gasteiger partial charge in [0.05, 0.1) is 11.3 Å². The van der Waals surface area contributed by atoms with Gasteiger partial charge in [0.2, 0.25) is 0 Å². The zero-order valence-corrected chi connectivity index (χ0v) is 10.0. The molecule has 0 aromatic heterocycles. The number of nitrogens with zero attached hydrogens (tertiary/aromatic N) is 1. The summed E-state index contributed by atoms with van der Waals surface area (Å²) in [6, 6.07) is 3.87. The summed E-state index contributed by atoms with van der Waals surface area (Å²) in [6.07, 6.45) is 0.913. The molecule has 2 rings (SSSR count). The molecule has 0 unspecified atom stereocenters. The van der Waals surface area contributed by atoms with Crippen LogP contribution in [-0.2, 0) is 9.59 Å². The maximum absolute atomic E-state index is 13.7. The third-order valence-corrected chi connectivity index (χ3v) is 2.72. The summed E-state index contributed by atoms with van der Waals surface area (Å²) < 4.78 is 13.7. The van der Waals surface area contributed by atoms with Crippen LogP contribution in [-0.4, -0.2) is 29.3 Å². The highest BCUT2D eigenvalue weighted by atomic mass is 19.1. The van der Waals surface area contributed by atoms with E-state index in [0.29, 0.717) is 5.57 Å². The van der Waals surface area contributed by atoms with Gasteiger partial charge in [0, 0.05) is 12.6 Å². The van der Waals surface area contributed by atoms with Gasteiger partial charge in [-0.25, -0.2) is 9.18 Å². The van der Waals surface area contributed by atoms with Gasteiger partial charge in [-0.05, 0) is 24.6 Å².